The number of carbonyl (C=O) groups is 1. The van der Waals surface area contributed by atoms with Crippen molar-refractivity contribution in [2.75, 3.05) is 13.2 Å². The standard InChI is InChI=1S/C17H16ClNO3/c18-14-4-2-1-3-13(14)17(21)19-10-15(20)11-5-6-16-12(9-11)7-8-22-16/h1-6,9,15,20H,7-8,10H2,(H,19,21). The summed E-state index contributed by atoms with van der Waals surface area (Å²) in [6.45, 7) is 0.807. The van der Waals surface area contributed by atoms with Gasteiger partial charge in [-0.05, 0) is 35.4 Å². The number of amides is 1. The van der Waals surface area contributed by atoms with E-state index in [0.717, 1.165) is 23.3 Å². The molecule has 0 aliphatic carbocycles. The first kappa shape index (κ1) is 14.9. The van der Waals surface area contributed by atoms with Crippen molar-refractivity contribution in [1.82, 2.24) is 5.32 Å². The Labute approximate surface area is 133 Å². The van der Waals surface area contributed by atoms with Crippen molar-refractivity contribution in [3.8, 4) is 5.75 Å². The molecular formula is C17H16ClNO3. The van der Waals surface area contributed by atoms with E-state index in [2.05, 4.69) is 5.32 Å². The van der Waals surface area contributed by atoms with Crippen LogP contribution in [0, 0.1) is 0 Å². The zero-order valence-corrected chi connectivity index (χ0v) is 12.6. The number of aliphatic hydroxyl groups is 1. The highest BCUT2D eigenvalue weighted by atomic mass is 35.5. The van der Waals surface area contributed by atoms with Crippen molar-refractivity contribution in [2.24, 2.45) is 0 Å². The third kappa shape index (κ3) is 3.08. The van der Waals surface area contributed by atoms with Crippen LogP contribution in [0.3, 0.4) is 0 Å². The van der Waals surface area contributed by atoms with E-state index < -0.39 is 6.10 Å². The molecule has 1 aliphatic rings. The van der Waals surface area contributed by atoms with Crippen LogP contribution in [0.4, 0.5) is 0 Å². The molecule has 2 N–H and O–H groups in total. The van der Waals surface area contributed by atoms with Gasteiger partial charge in [-0.15, -0.1) is 0 Å². The van der Waals surface area contributed by atoms with Gasteiger partial charge >= 0.3 is 0 Å². The van der Waals surface area contributed by atoms with Gasteiger partial charge in [0.25, 0.3) is 5.91 Å². The minimum atomic E-state index is -0.766. The molecule has 22 heavy (non-hydrogen) atoms. The number of hydrogen-bond acceptors (Lipinski definition) is 3. The van der Waals surface area contributed by atoms with E-state index >= 15 is 0 Å². The molecule has 1 aliphatic heterocycles. The van der Waals surface area contributed by atoms with Gasteiger partial charge in [0.15, 0.2) is 0 Å². The third-order valence-electron chi connectivity index (χ3n) is 3.67. The van der Waals surface area contributed by atoms with Crippen molar-refractivity contribution < 1.29 is 14.6 Å². The zero-order valence-electron chi connectivity index (χ0n) is 11.9. The predicted octanol–water partition coefficient (Wildman–Crippen LogP) is 2.74. The molecular weight excluding hydrogens is 302 g/mol. The highest BCUT2D eigenvalue weighted by Crippen LogP contribution is 2.28. The molecule has 0 saturated heterocycles. The van der Waals surface area contributed by atoms with E-state index in [0.29, 0.717) is 17.2 Å². The Morgan fingerprint density at radius 2 is 2.14 bits per heavy atom. The molecule has 2 aromatic rings. The fourth-order valence-corrected chi connectivity index (χ4v) is 2.68. The first-order valence-corrected chi connectivity index (χ1v) is 7.49. The maximum Gasteiger partial charge on any atom is 0.252 e. The quantitative estimate of drug-likeness (QED) is 0.911. The van der Waals surface area contributed by atoms with Crippen LogP contribution in [-0.4, -0.2) is 24.2 Å². The second kappa shape index (κ2) is 6.38. The lowest BCUT2D eigenvalue weighted by atomic mass is 10.0. The Bertz CT molecular complexity index is 702. The van der Waals surface area contributed by atoms with E-state index in [1.54, 1.807) is 24.3 Å². The van der Waals surface area contributed by atoms with Gasteiger partial charge in [-0.25, -0.2) is 0 Å². The van der Waals surface area contributed by atoms with E-state index in [1.807, 2.05) is 18.2 Å². The molecule has 1 unspecified atom stereocenters. The number of carbonyl (C=O) groups excluding carboxylic acids is 1. The average molecular weight is 318 g/mol. The average Bonchev–Trinajstić information content (AvgIpc) is 3.00. The molecule has 2 aromatic carbocycles. The summed E-state index contributed by atoms with van der Waals surface area (Å²) in [6.07, 6.45) is 0.0827. The number of halogens is 1. The van der Waals surface area contributed by atoms with Crippen molar-refractivity contribution in [2.45, 2.75) is 12.5 Å². The largest absolute Gasteiger partial charge is 0.493 e. The van der Waals surface area contributed by atoms with Gasteiger partial charge in [-0.3, -0.25) is 4.79 Å². The highest BCUT2D eigenvalue weighted by Gasteiger charge is 2.17. The SMILES string of the molecule is O=C(NCC(O)c1ccc2c(c1)CCO2)c1ccccc1Cl. The summed E-state index contributed by atoms with van der Waals surface area (Å²) >= 11 is 5.98. The van der Waals surface area contributed by atoms with Crippen LogP contribution < -0.4 is 10.1 Å². The summed E-state index contributed by atoms with van der Waals surface area (Å²) in [7, 11) is 0. The molecule has 1 amide bonds. The molecule has 0 fully saturated rings. The van der Waals surface area contributed by atoms with Gasteiger partial charge in [-0.1, -0.05) is 29.8 Å². The predicted molar refractivity (Wildman–Crippen MR) is 84.4 cm³/mol. The van der Waals surface area contributed by atoms with Gasteiger partial charge in [-0.2, -0.15) is 0 Å². The normalized spacial score (nSPS) is 14.1. The fraction of sp³-hybridized carbons (Fsp3) is 0.235. The van der Waals surface area contributed by atoms with Crippen molar-refractivity contribution in [3.05, 3.63) is 64.2 Å². The first-order valence-electron chi connectivity index (χ1n) is 7.11. The second-order valence-electron chi connectivity index (χ2n) is 5.17. The number of aliphatic hydroxyl groups excluding tert-OH is 1. The van der Waals surface area contributed by atoms with E-state index in [1.165, 1.54) is 0 Å². The number of nitrogens with one attached hydrogen (secondary N) is 1. The van der Waals surface area contributed by atoms with Crippen LogP contribution in [0.2, 0.25) is 5.02 Å². The molecule has 0 spiro atoms. The lowest BCUT2D eigenvalue weighted by molar-refractivity contribution is 0.0916. The Morgan fingerprint density at radius 1 is 1.32 bits per heavy atom. The maximum absolute atomic E-state index is 12.1. The Balaban J connectivity index is 1.64. The molecule has 0 aromatic heterocycles. The lowest BCUT2D eigenvalue weighted by Crippen LogP contribution is -2.28. The minimum absolute atomic E-state index is 0.129. The monoisotopic (exact) mass is 317 g/mol. The van der Waals surface area contributed by atoms with Crippen molar-refractivity contribution >= 4 is 17.5 Å². The number of hydrogen-bond donors (Lipinski definition) is 2. The van der Waals surface area contributed by atoms with Gasteiger partial charge in [0, 0.05) is 13.0 Å². The van der Waals surface area contributed by atoms with Crippen LogP contribution >= 0.6 is 11.6 Å². The third-order valence-corrected chi connectivity index (χ3v) is 4.00. The van der Waals surface area contributed by atoms with Gasteiger partial charge < -0.3 is 15.2 Å². The second-order valence-corrected chi connectivity index (χ2v) is 5.58. The van der Waals surface area contributed by atoms with Gasteiger partial charge in [0.2, 0.25) is 0 Å². The number of ether oxygens (including phenoxy) is 1. The summed E-state index contributed by atoms with van der Waals surface area (Å²) in [5, 5.41) is 13.3. The first-order chi connectivity index (χ1) is 10.6. The van der Waals surface area contributed by atoms with Crippen molar-refractivity contribution in [1.29, 1.82) is 0 Å². The number of fused-ring (bicyclic) bond motifs is 1. The molecule has 3 rings (SSSR count). The van der Waals surface area contributed by atoms with Gasteiger partial charge in [0.05, 0.1) is 23.3 Å². The number of rotatable bonds is 4. The number of benzene rings is 2. The Hall–Kier alpha value is -2.04. The molecule has 0 bridgehead atoms. The summed E-state index contributed by atoms with van der Waals surface area (Å²) in [6, 6.07) is 12.4. The topological polar surface area (TPSA) is 58.6 Å². The van der Waals surface area contributed by atoms with Crippen molar-refractivity contribution in [3.63, 3.8) is 0 Å². The van der Waals surface area contributed by atoms with E-state index in [-0.39, 0.29) is 12.5 Å². The Kier molecular flexibility index (Phi) is 4.32. The molecule has 114 valence electrons. The molecule has 0 radical (unpaired) electrons. The van der Waals surface area contributed by atoms with Crippen LogP contribution in [0.15, 0.2) is 42.5 Å². The summed E-state index contributed by atoms with van der Waals surface area (Å²) in [5.41, 5.74) is 2.26. The highest BCUT2D eigenvalue weighted by molar-refractivity contribution is 6.33. The molecule has 4 nitrogen and oxygen atoms in total. The minimum Gasteiger partial charge on any atom is -0.493 e. The smallest absolute Gasteiger partial charge is 0.252 e. The molecule has 1 atom stereocenters. The van der Waals surface area contributed by atoms with Crippen LogP contribution in [0.25, 0.3) is 0 Å². The van der Waals surface area contributed by atoms with Crippen LogP contribution in [0.5, 0.6) is 5.75 Å². The van der Waals surface area contributed by atoms with Crippen LogP contribution in [0.1, 0.15) is 27.6 Å². The lowest BCUT2D eigenvalue weighted by Gasteiger charge is -2.13. The maximum atomic E-state index is 12.1. The summed E-state index contributed by atoms with van der Waals surface area (Å²) in [4.78, 5) is 12.1. The zero-order chi connectivity index (χ0) is 15.5. The summed E-state index contributed by atoms with van der Waals surface area (Å²) < 4.78 is 5.44. The summed E-state index contributed by atoms with van der Waals surface area (Å²) in [5.74, 6) is 0.574. The van der Waals surface area contributed by atoms with E-state index in [4.69, 9.17) is 16.3 Å². The van der Waals surface area contributed by atoms with E-state index in [9.17, 15) is 9.90 Å². The fourth-order valence-electron chi connectivity index (χ4n) is 2.46. The van der Waals surface area contributed by atoms with Gasteiger partial charge in [0.1, 0.15) is 5.75 Å². The molecule has 5 heteroatoms. The molecule has 0 saturated carbocycles. The Morgan fingerprint density at radius 3 is 2.95 bits per heavy atom. The molecule has 1 heterocycles. The van der Waals surface area contributed by atoms with Crippen LogP contribution in [-0.2, 0) is 6.42 Å².